The maximum Gasteiger partial charge on any atom is 0.166 e. The molecule has 10 rings (SSSR count). The van der Waals surface area contributed by atoms with Crippen LogP contribution in [0.4, 0.5) is 8.78 Å². The molecule has 0 unspecified atom stereocenters. The molecule has 0 saturated carbocycles. The van der Waals surface area contributed by atoms with Crippen molar-refractivity contribution in [3.05, 3.63) is 206 Å². The second kappa shape index (κ2) is 14.3. The molecule has 2 heterocycles. The minimum absolute atomic E-state index is 0.120. The highest BCUT2D eigenvalue weighted by molar-refractivity contribution is 6.11. The molecular weight excluding hydrogens is 707 g/mol. The fraction of sp³-hybridized carbons (Fsp3) is 0. The Morgan fingerprint density at radius 2 is 0.754 bits per heavy atom. The number of fused-ring (bicyclic) bond motifs is 3. The van der Waals surface area contributed by atoms with Crippen LogP contribution in [0.5, 0.6) is 0 Å². The number of halogens is 2. The monoisotopic (exact) mass is 738 g/mol. The lowest BCUT2D eigenvalue weighted by atomic mass is 9.99. The van der Waals surface area contributed by atoms with Crippen LogP contribution in [0, 0.1) is 11.6 Å². The molecule has 0 aliphatic rings. The second-order valence-corrected chi connectivity index (χ2v) is 13.9. The fourth-order valence-electron chi connectivity index (χ4n) is 7.67. The quantitative estimate of drug-likeness (QED) is 0.164. The SMILES string of the molecule is Fc1cccc(F)c1-c1ccc(-n2c3cc(-c4ccccc4)ccc3c3ccc(-c4ccccc4)cc32)c(-c2nc(-c3ccccc3)nc(-c3ccccc3)n2)c1. The molecule has 0 amide bonds. The predicted molar refractivity (Wildman–Crippen MR) is 227 cm³/mol. The zero-order valence-electron chi connectivity index (χ0n) is 30.5. The van der Waals surface area contributed by atoms with Gasteiger partial charge in [0.15, 0.2) is 17.5 Å². The number of aromatic nitrogens is 4. The molecule has 0 N–H and O–H groups in total. The van der Waals surface area contributed by atoms with E-state index >= 15 is 8.78 Å². The molecule has 4 nitrogen and oxygen atoms in total. The minimum atomic E-state index is -0.656. The summed E-state index contributed by atoms with van der Waals surface area (Å²) in [7, 11) is 0. The van der Waals surface area contributed by atoms with Crippen LogP contribution in [0.25, 0.3) is 95.0 Å². The third-order valence-corrected chi connectivity index (χ3v) is 10.4. The molecule has 0 saturated heterocycles. The van der Waals surface area contributed by atoms with Crippen LogP contribution < -0.4 is 0 Å². The van der Waals surface area contributed by atoms with E-state index < -0.39 is 11.6 Å². The number of rotatable bonds is 7. The molecular formula is C51H32F2N4. The number of benzene rings is 8. The molecule has 0 fully saturated rings. The van der Waals surface area contributed by atoms with E-state index in [1.54, 1.807) is 12.1 Å². The molecule has 0 spiro atoms. The van der Waals surface area contributed by atoms with E-state index in [-0.39, 0.29) is 5.56 Å². The van der Waals surface area contributed by atoms with Crippen LogP contribution >= 0.6 is 0 Å². The van der Waals surface area contributed by atoms with Gasteiger partial charge in [0, 0.05) is 27.5 Å². The van der Waals surface area contributed by atoms with Crippen molar-refractivity contribution in [1.82, 2.24) is 19.5 Å². The predicted octanol–water partition coefficient (Wildman–Crippen LogP) is 13.2. The van der Waals surface area contributed by atoms with Crippen LogP contribution in [0.1, 0.15) is 0 Å². The summed E-state index contributed by atoms with van der Waals surface area (Å²) in [5.41, 5.74) is 9.41. The lowest BCUT2D eigenvalue weighted by molar-refractivity contribution is 0.589. The number of hydrogen-bond donors (Lipinski definition) is 0. The highest BCUT2D eigenvalue weighted by Crippen LogP contribution is 2.41. The maximum absolute atomic E-state index is 15.6. The Hall–Kier alpha value is -7.57. The van der Waals surface area contributed by atoms with E-state index in [2.05, 4.69) is 65.2 Å². The molecule has 8 aromatic carbocycles. The van der Waals surface area contributed by atoms with Gasteiger partial charge in [-0.25, -0.2) is 23.7 Å². The van der Waals surface area contributed by atoms with Crippen LogP contribution in [0.15, 0.2) is 194 Å². The molecule has 0 bridgehead atoms. The van der Waals surface area contributed by atoms with E-state index in [1.807, 2.05) is 103 Å². The van der Waals surface area contributed by atoms with Crippen molar-refractivity contribution in [1.29, 1.82) is 0 Å². The Kier molecular flexibility index (Phi) is 8.49. The average Bonchev–Trinajstić information content (AvgIpc) is 3.60. The standard InChI is InChI=1S/C51H32F2N4/c52-43-22-13-23-44(53)48(43)39-26-29-45(42(30-39)51-55-49(35-18-9-3-10-19-35)54-50(56-51)36-20-11-4-12-21-36)57-46-31-37(33-14-5-1-6-15-33)24-27-40(46)41-28-25-38(32-47(41)57)34-16-7-2-8-17-34/h1-32H. The third-order valence-electron chi connectivity index (χ3n) is 10.4. The summed E-state index contributed by atoms with van der Waals surface area (Å²) in [5.74, 6) is 0.0118. The smallest absolute Gasteiger partial charge is 0.166 e. The lowest BCUT2D eigenvalue weighted by Gasteiger charge is -2.17. The molecule has 0 radical (unpaired) electrons. The van der Waals surface area contributed by atoms with E-state index in [1.165, 1.54) is 18.2 Å². The van der Waals surface area contributed by atoms with Gasteiger partial charge in [0.2, 0.25) is 0 Å². The van der Waals surface area contributed by atoms with Crippen molar-refractivity contribution >= 4 is 21.8 Å². The summed E-state index contributed by atoms with van der Waals surface area (Å²) in [6.07, 6.45) is 0. The summed E-state index contributed by atoms with van der Waals surface area (Å²) in [6.45, 7) is 0. The normalized spacial score (nSPS) is 11.3. The second-order valence-electron chi connectivity index (χ2n) is 13.9. The van der Waals surface area contributed by atoms with Gasteiger partial charge in [0.1, 0.15) is 11.6 Å². The first-order valence-corrected chi connectivity index (χ1v) is 18.7. The molecule has 0 atom stereocenters. The zero-order valence-corrected chi connectivity index (χ0v) is 30.5. The first-order chi connectivity index (χ1) is 28.1. The van der Waals surface area contributed by atoms with Crippen LogP contribution in [0.3, 0.4) is 0 Å². The van der Waals surface area contributed by atoms with Crippen molar-refractivity contribution in [2.24, 2.45) is 0 Å². The molecule has 6 heteroatoms. The topological polar surface area (TPSA) is 43.6 Å². The molecule has 0 aliphatic carbocycles. The van der Waals surface area contributed by atoms with E-state index in [0.29, 0.717) is 28.6 Å². The van der Waals surface area contributed by atoms with Crippen molar-refractivity contribution in [3.63, 3.8) is 0 Å². The van der Waals surface area contributed by atoms with E-state index in [0.717, 1.165) is 60.9 Å². The van der Waals surface area contributed by atoms with Gasteiger partial charge in [-0.1, -0.05) is 158 Å². The van der Waals surface area contributed by atoms with Gasteiger partial charge in [-0.15, -0.1) is 0 Å². The van der Waals surface area contributed by atoms with Gasteiger partial charge in [0.05, 0.1) is 22.3 Å². The summed E-state index contributed by atoms with van der Waals surface area (Å²) < 4.78 is 33.3. The highest BCUT2D eigenvalue weighted by atomic mass is 19.1. The first-order valence-electron chi connectivity index (χ1n) is 18.7. The summed E-state index contributed by atoms with van der Waals surface area (Å²) in [6, 6.07) is 62.6. The van der Waals surface area contributed by atoms with Crippen molar-refractivity contribution in [3.8, 4) is 73.2 Å². The molecule has 57 heavy (non-hydrogen) atoms. The summed E-state index contributed by atoms with van der Waals surface area (Å²) in [5, 5.41) is 2.12. The van der Waals surface area contributed by atoms with Gasteiger partial charge in [0.25, 0.3) is 0 Å². The van der Waals surface area contributed by atoms with Gasteiger partial charge < -0.3 is 4.57 Å². The first kappa shape index (κ1) is 34.0. The zero-order chi connectivity index (χ0) is 38.3. The lowest BCUT2D eigenvalue weighted by Crippen LogP contribution is -2.04. The van der Waals surface area contributed by atoms with Crippen LogP contribution in [-0.2, 0) is 0 Å². The van der Waals surface area contributed by atoms with Gasteiger partial charge in [-0.3, -0.25) is 0 Å². The van der Waals surface area contributed by atoms with Crippen molar-refractivity contribution in [2.45, 2.75) is 0 Å². The van der Waals surface area contributed by atoms with E-state index in [9.17, 15) is 0 Å². The highest BCUT2D eigenvalue weighted by Gasteiger charge is 2.22. The van der Waals surface area contributed by atoms with Gasteiger partial charge in [-0.2, -0.15) is 0 Å². The largest absolute Gasteiger partial charge is 0.308 e. The Bertz CT molecular complexity index is 2900. The van der Waals surface area contributed by atoms with Crippen LogP contribution in [-0.4, -0.2) is 19.5 Å². The number of hydrogen-bond acceptors (Lipinski definition) is 3. The maximum atomic E-state index is 15.6. The van der Waals surface area contributed by atoms with E-state index in [4.69, 9.17) is 15.0 Å². The Morgan fingerprint density at radius 3 is 1.23 bits per heavy atom. The summed E-state index contributed by atoms with van der Waals surface area (Å²) in [4.78, 5) is 15.2. The Balaban J connectivity index is 1.32. The van der Waals surface area contributed by atoms with Crippen LogP contribution in [0.2, 0.25) is 0 Å². The number of nitrogens with zero attached hydrogens (tertiary/aromatic N) is 4. The van der Waals surface area contributed by atoms with Crippen molar-refractivity contribution in [2.75, 3.05) is 0 Å². The third kappa shape index (κ3) is 6.23. The van der Waals surface area contributed by atoms with Gasteiger partial charge in [-0.05, 0) is 64.2 Å². The fourth-order valence-corrected chi connectivity index (χ4v) is 7.67. The Morgan fingerprint density at radius 1 is 0.333 bits per heavy atom. The molecule has 2 aromatic heterocycles. The molecule has 270 valence electrons. The average molecular weight is 739 g/mol. The summed E-state index contributed by atoms with van der Waals surface area (Å²) >= 11 is 0. The van der Waals surface area contributed by atoms with Crippen molar-refractivity contribution < 1.29 is 8.78 Å². The molecule has 10 aromatic rings. The minimum Gasteiger partial charge on any atom is -0.308 e. The van der Waals surface area contributed by atoms with Gasteiger partial charge >= 0.3 is 0 Å². The Labute approximate surface area is 328 Å². The molecule has 0 aliphatic heterocycles.